The fourth-order valence-corrected chi connectivity index (χ4v) is 8.32. The van der Waals surface area contributed by atoms with Crippen LogP contribution >= 0.6 is 23.1 Å². The van der Waals surface area contributed by atoms with E-state index in [4.69, 9.17) is 10.8 Å². The summed E-state index contributed by atoms with van der Waals surface area (Å²) in [7, 11) is 0. The van der Waals surface area contributed by atoms with Crippen LogP contribution in [0.2, 0.25) is 0 Å². The summed E-state index contributed by atoms with van der Waals surface area (Å²) in [4.78, 5) is 22.2. The first-order chi connectivity index (χ1) is 14.1. The highest BCUT2D eigenvalue weighted by Gasteiger charge is 2.52. The van der Waals surface area contributed by atoms with Crippen molar-refractivity contribution in [1.82, 2.24) is 14.6 Å². The summed E-state index contributed by atoms with van der Waals surface area (Å²) in [6.45, 7) is 0. The third-order valence-electron chi connectivity index (χ3n) is 7.17. The Morgan fingerprint density at radius 1 is 1.10 bits per heavy atom. The second-order valence-electron chi connectivity index (χ2n) is 9.22. The Kier molecular flexibility index (Phi) is 4.07. The van der Waals surface area contributed by atoms with E-state index in [0.717, 1.165) is 23.4 Å². The summed E-state index contributed by atoms with van der Waals surface area (Å²) in [5.74, 6) is 9.49. The van der Waals surface area contributed by atoms with Gasteiger partial charge in [-0.2, -0.15) is 0 Å². The lowest BCUT2D eigenvalue weighted by atomic mass is 9.50. The monoisotopic (exact) mass is 424 g/mol. The summed E-state index contributed by atoms with van der Waals surface area (Å²) >= 11 is 3.33. The molecule has 4 aliphatic rings. The molecule has 2 aromatic heterocycles. The van der Waals surface area contributed by atoms with E-state index in [9.17, 15) is 4.79 Å². The van der Waals surface area contributed by atoms with Crippen LogP contribution in [0.1, 0.15) is 49.2 Å². The van der Waals surface area contributed by atoms with Crippen molar-refractivity contribution in [3.05, 3.63) is 50.7 Å². The van der Waals surface area contributed by atoms with Gasteiger partial charge in [-0.1, -0.05) is 23.9 Å². The van der Waals surface area contributed by atoms with Crippen molar-refractivity contribution in [2.24, 2.45) is 17.8 Å². The molecule has 0 atom stereocenters. The van der Waals surface area contributed by atoms with Gasteiger partial charge in [0.1, 0.15) is 0 Å². The van der Waals surface area contributed by atoms with Crippen molar-refractivity contribution in [2.45, 2.75) is 54.8 Å². The van der Waals surface area contributed by atoms with Crippen molar-refractivity contribution in [2.75, 3.05) is 5.84 Å². The molecule has 2 heterocycles. The number of hydrogen-bond acceptors (Lipinski definition) is 6. The zero-order chi connectivity index (χ0) is 19.6. The zero-order valence-corrected chi connectivity index (χ0v) is 17.8. The summed E-state index contributed by atoms with van der Waals surface area (Å²) in [5, 5.41) is 4.64. The van der Waals surface area contributed by atoms with Crippen molar-refractivity contribution in [1.29, 1.82) is 0 Å². The number of nitrogens with zero attached hydrogens (tertiary/aromatic N) is 3. The number of benzene rings is 1. The van der Waals surface area contributed by atoms with Gasteiger partial charge < -0.3 is 5.84 Å². The lowest BCUT2D eigenvalue weighted by Gasteiger charge is -2.56. The quantitative estimate of drug-likeness (QED) is 0.383. The third kappa shape index (κ3) is 2.93. The van der Waals surface area contributed by atoms with Gasteiger partial charge in [-0.25, -0.2) is 14.6 Å². The van der Waals surface area contributed by atoms with Gasteiger partial charge in [-0.15, -0.1) is 11.3 Å². The van der Waals surface area contributed by atoms with Crippen LogP contribution in [0.25, 0.3) is 10.9 Å². The number of rotatable bonds is 4. The predicted octanol–water partition coefficient (Wildman–Crippen LogP) is 4.33. The summed E-state index contributed by atoms with van der Waals surface area (Å²) in [6.07, 6.45) is 8.38. The maximum Gasteiger partial charge on any atom is 0.280 e. The van der Waals surface area contributed by atoms with E-state index >= 15 is 0 Å². The average Bonchev–Trinajstić information content (AvgIpc) is 3.19. The van der Waals surface area contributed by atoms with Crippen LogP contribution in [0.15, 0.2) is 39.6 Å². The smallest absolute Gasteiger partial charge is 0.280 e. The Balaban J connectivity index is 1.24. The lowest BCUT2D eigenvalue weighted by molar-refractivity contribution is -0.00532. The lowest BCUT2D eigenvalue weighted by Crippen LogP contribution is -2.48. The molecule has 7 rings (SSSR count). The molecule has 0 spiro atoms. The molecule has 0 aliphatic heterocycles. The van der Waals surface area contributed by atoms with Crippen LogP contribution < -0.4 is 11.4 Å². The minimum atomic E-state index is -0.203. The number of aromatic nitrogens is 3. The van der Waals surface area contributed by atoms with Gasteiger partial charge in [0.05, 0.1) is 21.6 Å². The molecular formula is C22H24N4OS2. The van der Waals surface area contributed by atoms with Gasteiger partial charge in [0.25, 0.3) is 5.56 Å². The second kappa shape index (κ2) is 6.57. The zero-order valence-electron chi connectivity index (χ0n) is 16.2. The van der Waals surface area contributed by atoms with E-state index in [1.165, 1.54) is 60.0 Å². The van der Waals surface area contributed by atoms with Gasteiger partial charge in [-0.3, -0.25) is 4.79 Å². The van der Waals surface area contributed by atoms with Crippen LogP contribution in [-0.2, 0) is 11.2 Å². The number of hydrogen-bond donors (Lipinski definition) is 1. The van der Waals surface area contributed by atoms with Gasteiger partial charge in [0.2, 0.25) is 0 Å². The molecule has 4 bridgehead atoms. The fraction of sp³-hybridized carbons (Fsp3) is 0.500. The number of fused-ring (bicyclic) bond motifs is 1. The molecule has 0 saturated heterocycles. The van der Waals surface area contributed by atoms with E-state index in [-0.39, 0.29) is 5.56 Å². The largest absolute Gasteiger partial charge is 0.334 e. The number of thiazole rings is 1. The molecule has 3 aromatic rings. The minimum Gasteiger partial charge on any atom is -0.334 e. The van der Waals surface area contributed by atoms with Crippen molar-refractivity contribution in [3.63, 3.8) is 0 Å². The topological polar surface area (TPSA) is 73.8 Å². The number of para-hydroxylation sites is 1. The van der Waals surface area contributed by atoms with Gasteiger partial charge in [0.15, 0.2) is 5.16 Å². The fourth-order valence-electron chi connectivity index (χ4n) is 6.36. The molecule has 4 aliphatic carbocycles. The van der Waals surface area contributed by atoms with E-state index in [0.29, 0.717) is 27.2 Å². The second-order valence-corrected chi connectivity index (χ2v) is 11.0. The number of nitrogens with two attached hydrogens (primary N) is 1. The van der Waals surface area contributed by atoms with Crippen LogP contribution in [-0.4, -0.2) is 14.6 Å². The molecule has 0 radical (unpaired) electrons. The summed E-state index contributed by atoms with van der Waals surface area (Å²) in [6, 6.07) is 7.34. The first-order valence-corrected chi connectivity index (χ1v) is 12.3. The molecule has 2 N–H and O–H groups in total. The molecule has 5 nitrogen and oxygen atoms in total. The van der Waals surface area contributed by atoms with E-state index in [2.05, 4.69) is 10.4 Å². The average molecular weight is 425 g/mol. The Morgan fingerprint density at radius 2 is 1.79 bits per heavy atom. The standard InChI is InChI=1S/C22H24N4OS2/c23-26-19(27)17-3-1-2-4-18(17)25-21(26)29-12-16-11-28-20(24-16)22-8-13-5-14(9-22)7-15(6-13)10-22/h1-4,11,13-15H,5-10,12,23H2. The van der Waals surface area contributed by atoms with Crippen LogP contribution in [0, 0.1) is 17.8 Å². The Labute approximate surface area is 177 Å². The highest BCUT2D eigenvalue weighted by Crippen LogP contribution is 2.61. The number of thioether (sulfide) groups is 1. The van der Waals surface area contributed by atoms with Gasteiger partial charge >= 0.3 is 0 Å². The summed E-state index contributed by atoms with van der Waals surface area (Å²) < 4.78 is 1.17. The van der Waals surface area contributed by atoms with Crippen molar-refractivity contribution < 1.29 is 0 Å². The van der Waals surface area contributed by atoms with Crippen molar-refractivity contribution in [3.8, 4) is 0 Å². The molecular weight excluding hydrogens is 400 g/mol. The first kappa shape index (κ1) is 18.0. The predicted molar refractivity (Wildman–Crippen MR) is 118 cm³/mol. The van der Waals surface area contributed by atoms with E-state index in [1.807, 2.05) is 29.5 Å². The third-order valence-corrected chi connectivity index (χ3v) is 9.29. The highest BCUT2D eigenvalue weighted by molar-refractivity contribution is 7.98. The molecule has 150 valence electrons. The Bertz CT molecular complexity index is 1120. The van der Waals surface area contributed by atoms with Crippen LogP contribution in [0.4, 0.5) is 0 Å². The number of nitrogen functional groups attached to an aromatic ring is 1. The van der Waals surface area contributed by atoms with Crippen LogP contribution in [0.3, 0.4) is 0 Å². The van der Waals surface area contributed by atoms with Gasteiger partial charge in [-0.05, 0) is 68.4 Å². The van der Waals surface area contributed by atoms with E-state index in [1.54, 1.807) is 6.07 Å². The highest BCUT2D eigenvalue weighted by atomic mass is 32.2. The maximum atomic E-state index is 12.5. The maximum absolute atomic E-state index is 12.5. The normalized spacial score (nSPS) is 30.3. The molecule has 0 unspecified atom stereocenters. The molecule has 4 saturated carbocycles. The van der Waals surface area contributed by atoms with E-state index < -0.39 is 0 Å². The van der Waals surface area contributed by atoms with Crippen LogP contribution in [0.5, 0.6) is 0 Å². The Morgan fingerprint density at radius 3 is 2.52 bits per heavy atom. The molecule has 29 heavy (non-hydrogen) atoms. The first-order valence-electron chi connectivity index (χ1n) is 10.4. The van der Waals surface area contributed by atoms with Gasteiger partial charge in [0, 0.05) is 16.5 Å². The summed E-state index contributed by atoms with van der Waals surface area (Å²) in [5.41, 5.74) is 1.91. The minimum absolute atomic E-state index is 0.203. The van der Waals surface area contributed by atoms with Crippen molar-refractivity contribution >= 4 is 34.0 Å². The molecule has 1 aromatic carbocycles. The molecule has 0 amide bonds. The Hall–Kier alpha value is -1.86. The molecule has 7 heteroatoms. The SMILES string of the molecule is Nn1c(SCc2csc(C34CC5CC(CC(C5)C3)C4)n2)nc2ccccc2c1=O. The molecule has 4 fully saturated rings.